The number of anilines is 3. The molecule has 0 unspecified atom stereocenters. The Labute approximate surface area is 175 Å². The number of primary sulfonamides is 1. The van der Waals surface area contributed by atoms with E-state index in [1.54, 1.807) is 19.1 Å². The summed E-state index contributed by atoms with van der Waals surface area (Å²) < 4.78 is 27.3. The van der Waals surface area contributed by atoms with Crippen molar-refractivity contribution >= 4 is 44.2 Å². The minimum Gasteiger partial charge on any atom is -0.465 e. The first kappa shape index (κ1) is 21.4. The van der Waals surface area contributed by atoms with Gasteiger partial charge in [-0.25, -0.2) is 23.3 Å². The molecule has 0 bridgehead atoms. The quantitative estimate of drug-likeness (QED) is 0.388. The predicted octanol–water partition coefficient (Wildman–Crippen LogP) is 1.32. The van der Waals surface area contributed by atoms with E-state index < -0.39 is 21.6 Å². The lowest BCUT2D eigenvalue weighted by molar-refractivity contribution is 0.0605. The van der Waals surface area contributed by atoms with E-state index in [-0.39, 0.29) is 10.8 Å². The fourth-order valence-electron chi connectivity index (χ4n) is 2.43. The summed E-state index contributed by atoms with van der Waals surface area (Å²) in [7, 11) is -2.47. The maximum absolute atomic E-state index is 11.9. The molecule has 13 heteroatoms. The van der Waals surface area contributed by atoms with Gasteiger partial charge < -0.3 is 15.4 Å². The number of benzene rings is 1. The lowest BCUT2D eigenvalue weighted by Crippen LogP contribution is -2.13. The molecule has 2 aromatic heterocycles. The van der Waals surface area contributed by atoms with Crippen LogP contribution in [0.4, 0.5) is 16.9 Å². The first-order chi connectivity index (χ1) is 14.2. The van der Waals surface area contributed by atoms with Crippen LogP contribution in [0.15, 0.2) is 40.0 Å². The van der Waals surface area contributed by atoms with E-state index in [1.807, 2.05) is 0 Å². The molecule has 0 amide bonds. The van der Waals surface area contributed by atoms with Gasteiger partial charge in [-0.3, -0.25) is 9.78 Å². The number of aromatic amines is 1. The maximum atomic E-state index is 11.9. The fraction of sp³-hybridized carbons (Fsp3) is 0.176. The number of hydrogen-bond acceptors (Lipinski definition) is 10. The Bertz CT molecular complexity index is 1230. The number of nitrogens with one attached hydrogen (secondary N) is 3. The molecule has 0 aliphatic carbocycles. The van der Waals surface area contributed by atoms with Crippen molar-refractivity contribution in [2.75, 3.05) is 17.7 Å². The molecule has 158 valence electrons. The standard InChI is InChI=1S/C17H18N6O5S2/c1-9-14(15(25)28-2)29-17(20-9)23-16-21-12(7-13(24)22-16)19-8-10-3-5-11(6-4-10)30(18,26)27/h3-7H,8H2,1-2H3,(H2,18,26,27)(H3,19,20,21,22,23,24). The molecule has 0 spiro atoms. The normalized spacial score (nSPS) is 11.2. The van der Waals surface area contributed by atoms with Crippen LogP contribution in [0.1, 0.15) is 20.9 Å². The molecule has 0 atom stereocenters. The SMILES string of the molecule is COC(=O)c1sc(Nc2nc(NCc3ccc(S(N)(=O)=O)cc3)cc(=O)[nH]2)nc1C. The molecule has 11 nitrogen and oxygen atoms in total. The summed E-state index contributed by atoms with van der Waals surface area (Å²) >= 11 is 1.07. The van der Waals surface area contributed by atoms with Gasteiger partial charge in [-0.15, -0.1) is 0 Å². The maximum Gasteiger partial charge on any atom is 0.350 e. The largest absolute Gasteiger partial charge is 0.465 e. The Balaban J connectivity index is 1.73. The van der Waals surface area contributed by atoms with Crippen LogP contribution in [0.3, 0.4) is 0 Å². The fourth-order valence-corrected chi connectivity index (χ4v) is 3.83. The highest BCUT2D eigenvalue weighted by molar-refractivity contribution is 7.89. The van der Waals surface area contributed by atoms with Gasteiger partial charge in [0.05, 0.1) is 17.7 Å². The minimum atomic E-state index is -3.76. The smallest absolute Gasteiger partial charge is 0.350 e. The van der Waals surface area contributed by atoms with Crippen LogP contribution in [-0.4, -0.2) is 36.4 Å². The third kappa shape index (κ3) is 5.20. The van der Waals surface area contributed by atoms with Gasteiger partial charge in [0.15, 0.2) is 5.13 Å². The van der Waals surface area contributed by atoms with Crippen molar-refractivity contribution in [2.45, 2.75) is 18.4 Å². The number of ether oxygens (including phenoxy) is 1. The summed E-state index contributed by atoms with van der Waals surface area (Å²) in [5.41, 5.74) is 0.854. The number of esters is 1. The Morgan fingerprint density at radius 3 is 2.60 bits per heavy atom. The number of nitrogens with zero attached hydrogens (tertiary/aromatic N) is 2. The highest BCUT2D eigenvalue weighted by atomic mass is 32.2. The molecule has 0 radical (unpaired) electrons. The number of thiazole rings is 1. The highest BCUT2D eigenvalue weighted by Crippen LogP contribution is 2.25. The van der Waals surface area contributed by atoms with Crippen molar-refractivity contribution in [2.24, 2.45) is 5.14 Å². The summed E-state index contributed by atoms with van der Waals surface area (Å²) in [6, 6.07) is 7.27. The monoisotopic (exact) mass is 450 g/mol. The zero-order valence-electron chi connectivity index (χ0n) is 15.9. The zero-order valence-corrected chi connectivity index (χ0v) is 17.6. The second kappa shape index (κ2) is 8.61. The molecule has 2 heterocycles. The van der Waals surface area contributed by atoms with Crippen molar-refractivity contribution in [3.63, 3.8) is 0 Å². The van der Waals surface area contributed by atoms with Gasteiger partial charge in [0, 0.05) is 12.6 Å². The molecule has 3 aromatic rings. The van der Waals surface area contributed by atoms with E-state index in [1.165, 1.54) is 25.3 Å². The van der Waals surface area contributed by atoms with Gasteiger partial charge in [-0.05, 0) is 24.6 Å². The van der Waals surface area contributed by atoms with Gasteiger partial charge in [0.25, 0.3) is 5.56 Å². The number of aryl methyl sites for hydroxylation is 1. The molecule has 30 heavy (non-hydrogen) atoms. The molecule has 0 aliphatic heterocycles. The molecule has 3 rings (SSSR count). The van der Waals surface area contributed by atoms with Crippen LogP contribution in [0.5, 0.6) is 0 Å². The van der Waals surface area contributed by atoms with E-state index >= 15 is 0 Å². The average Bonchev–Trinajstić information content (AvgIpc) is 3.05. The van der Waals surface area contributed by atoms with Crippen LogP contribution in [0.2, 0.25) is 0 Å². The third-order valence-electron chi connectivity index (χ3n) is 3.86. The van der Waals surface area contributed by atoms with Gasteiger partial charge in [-0.2, -0.15) is 4.98 Å². The Morgan fingerprint density at radius 1 is 1.27 bits per heavy atom. The minimum absolute atomic E-state index is 0.0112. The number of nitrogens with two attached hydrogens (primary N) is 1. The first-order valence-electron chi connectivity index (χ1n) is 8.45. The number of methoxy groups -OCH3 is 1. The summed E-state index contributed by atoms with van der Waals surface area (Å²) in [5.74, 6) is -0.0682. The second-order valence-electron chi connectivity index (χ2n) is 6.07. The summed E-state index contributed by atoms with van der Waals surface area (Å²) in [5, 5.41) is 11.3. The zero-order chi connectivity index (χ0) is 21.9. The number of rotatable bonds is 7. The number of H-pyrrole nitrogens is 1. The number of carbonyl (C=O) groups excluding carboxylic acids is 1. The van der Waals surface area contributed by atoms with Crippen LogP contribution >= 0.6 is 11.3 Å². The highest BCUT2D eigenvalue weighted by Gasteiger charge is 2.16. The van der Waals surface area contributed by atoms with Gasteiger partial charge >= 0.3 is 5.97 Å². The number of carbonyl (C=O) groups is 1. The Kier molecular flexibility index (Phi) is 6.14. The van der Waals surface area contributed by atoms with E-state index in [9.17, 15) is 18.0 Å². The van der Waals surface area contributed by atoms with Gasteiger partial charge in [-0.1, -0.05) is 23.5 Å². The van der Waals surface area contributed by atoms with Gasteiger partial charge in [0.1, 0.15) is 10.7 Å². The van der Waals surface area contributed by atoms with Crippen molar-refractivity contribution in [3.05, 3.63) is 56.8 Å². The van der Waals surface area contributed by atoms with Gasteiger partial charge in [0.2, 0.25) is 16.0 Å². The van der Waals surface area contributed by atoms with Crippen LogP contribution < -0.4 is 21.3 Å². The lowest BCUT2D eigenvalue weighted by Gasteiger charge is -2.08. The van der Waals surface area contributed by atoms with E-state index in [2.05, 4.69) is 25.6 Å². The van der Waals surface area contributed by atoms with E-state index in [0.29, 0.717) is 28.1 Å². The molecule has 0 saturated heterocycles. The summed E-state index contributed by atoms with van der Waals surface area (Å²) in [6.07, 6.45) is 0. The van der Waals surface area contributed by atoms with Crippen molar-refractivity contribution in [1.82, 2.24) is 15.0 Å². The number of aromatic nitrogens is 3. The summed E-state index contributed by atoms with van der Waals surface area (Å²) in [4.78, 5) is 35.0. The first-order valence-corrected chi connectivity index (χ1v) is 10.8. The van der Waals surface area contributed by atoms with Crippen molar-refractivity contribution in [1.29, 1.82) is 0 Å². The Hall–Kier alpha value is -3.29. The lowest BCUT2D eigenvalue weighted by atomic mass is 10.2. The van der Waals surface area contributed by atoms with Crippen LogP contribution in [0.25, 0.3) is 0 Å². The van der Waals surface area contributed by atoms with Crippen LogP contribution in [0, 0.1) is 6.92 Å². The van der Waals surface area contributed by atoms with Crippen molar-refractivity contribution in [3.8, 4) is 0 Å². The molecule has 0 saturated carbocycles. The van der Waals surface area contributed by atoms with Crippen molar-refractivity contribution < 1.29 is 17.9 Å². The second-order valence-corrected chi connectivity index (χ2v) is 8.63. The van der Waals surface area contributed by atoms with Crippen LogP contribution in [-0.2, 0) is 21.3 Å². The molecule has 1 aromatic carbocycles. The average molecular weight is 451 g/mol. The Morgan fingerprint density at radius 2 is 1.97 bits per heavy atom. The van der Waals surface area contributed by atoms with E-state index in [4.69, 9.17) is 9.88 Å². The summed E-state index contributed by atoms with van der Waals surface area (Å²) in [6.45, 7) is 1.97. The molecule has 0 aliphatic rings. The van der Waals surface area contributed by atoms with E-state index in [0.717, 1.165) is 16.9 Å². The molecular weight excluding hydrogens is 432 g/mol. The third-order valence-corrected chi connectivity index (χ3v) is 5.84. The predicted molar refractivity (Wildman–Crippen MR) is 111 cm³/mol. The molecule has 0 fully saturated rings. The topological polar surface area (TPSA) is 169 Å². The number of sulfonamides is 1. The molecular formula is C17H18N6O5S2. The number of hydrogen-bond donors (Lipinski definition) is 4. The molecule has 5 N–H and O–H groups in total.